The van der Waals surface area contributed by atoms with Crippen LogP contribution in [0.25, 0.3) is 0 Å². The summed E-state index contributed by atoms with van der Waals surface area (Å²) in [6, 6.07) is 9.32. The van der Waals surface area contributed by atoms with Gasteiger partial charge in [-0.15, -0.1) is 0 Å². The van der Waals surface area contributed by atoms with E-state index >= 15 is 0 Å². The van der Waals surface area contributed by atoms with E-state index in [4.69, 9.17) is 16.3 Å². The average Bonchev–Trinajstić information content (AvgIpc) is 2.98. The molecule has 124 valence electrons. The number of carbonyl (C=O) groups is 1. The first kappa shape index (κ1) is 17.5. The van der Waals surface area contributed by atoms with Gasteiger partial charge >= 0.3 is 0 Å². The monoisotopic (exact) mass is 335 g/mol. The Morgan fingerprint density at radius 1 is 1.39 bits per heavy atom. The highest BCUT2D eigenvalue weighted by atomic mass is 35.5. The van der Waals surface area contributed by atoms with Crippen molar-refractivity contribution < 1.29 is 9.53 Å². The van der Waals surface area contributed by atoms with Crippen molar-refractivity contribution in [3.63, 3.8) is 0 Å². The topological polar surface area (TPSA) is 58.2 Å². The van der Waals surface area contributed by atoms with Crippen molar-refractivity contribution in [3.8, 4) is 0 Å². The number of rotatable bonds is 8. The molecule has 0 aliphatic rings. The Bertz CT molecular complexity index is 642. The third-order valence-electron chi connectivity index (χ3n) is 3.45. The molecule has 0 aliphatic carbocycles. The molecule has 1 aromatic carbocycles. The minimum Gasteiger partial charge on any atom is -0.382 e. The smallest absolute Gasteiger partial charge is 0.274 e. The van der Waals surface area contributed by atoms with Gasteiger partial charge in [-0.3, -0.25) is 9.89 Å². The Kier molecular flexibility index (Phi) is 6.62. The summed E-state index contributed by atoms with van der Waals surface area (Å²) in [7, 11) is 0. The standard InChI is InChI=1S/C17H22ClN3O2/c1-3-23-10-6-9-21(12-14-7-4-5-8-15(14)18)17(22)16-11-13(2)19-20-16/h4-5,7-8,11H,3,6,9-10,12H2,1-2H3,(H,19,20). The number of ether oxygens (including phenoxy) is 1. The number of nitrogens with one attached hydrogen (secondary N) is 1. The van der Waals surface area contributed by atoms with E-state index in [0.717, 1.165) is 17.7 Å². The molecular formula is C17H22ClN3O2. The minimum absolute atomic E-state index is 0.106. The van der Waals surface area contributed by atoms with Gasteiger partial charge in [-0.25, -0.2) is 0 Å². The van der Waals surface area contributed by atoms with Gasteiger partial charge < -0.3 is 9.64 Å². The Balaban J connectivity index is 2.10. The Labute approximate surface area is 141 Å². The zero-order valence-corrected chi connectivity index (χ0v) is 14.3. The third kappa shape index (κ3) is 5.08. The number of hydrogen-bond acceptors (Lipinski definition) is 3. The number of H-pyrrole nitrogens is 1. The van der Waals surface area contributed by atoms with Crippen LogP contribution in [0, 0.1) is 6.92 Å². The first-order chi connectivity index (χ1) is 11.1. The van der Waals surface area contributed by atoms with Crippen molar-refractivity contribution >= 4 is 17.5 Å². The number of carbonyl (C=O) groups excluding carboxylic acids is 1. The Morgan fingerprint density at radius 3 is 2.83 bits per heavy atom. The second kappa shape index (κ2) is 8.70. The molecule has 0 saturated carbocycles. The fourth-order valence-corrected chi connectivity index (χ4v) is 2.47. The maximum absolute atomic E-state index is 12.7. The summed E-state index contributed by atoms with van der Waals surface area (Å²) in [5.41, 5.74) is 2.21. The van der Waals surface area contributed by atoms with E-state index in [1.165, 1.54) is 0 Å². The van der Waals surface area contributed by atoms with Crippen LogP contribution < -0.4 is 0 Å². The highest BCUT2D eigenvalue weighted by Gasteiger charge is 2.19. The summed E-state index contributed by atoms with van der Waals surface area (Å²) >= 11 is 6.22. The van der Waals surface area contributed by atoms with Crippen LogP contribution in [0.15, 0.2) is 30.3 Å². The number of halogens is 1. The third-order valence-corrected chi connectivity index (χ3v) is 3.82. The van der Waals surface area contributed by atoms with E-state index in [-0.39, 0.29) is 5.91 Å². The molecule has 0 saturated heterocycles. The van der Waals surface area contributed by atoms with Crippen LogP contribution >= 0.6 is 11.6 Å². The van der Waals surface area contributed by atoms with Crippen LogP contribution in [-0.4, -0.2) is 40.8 Å². The van der Waals surface area contributed by atoms with Crippen LogP contribution in [0.2, 0.25) is 5.02 Å². The van der Waals surface area contributed by atoms with E-state index in [2.05, 4.69) is 10.2 Å². The molecule has 5 nitrogen and oxygen atoms in total. The molecule has 0 unspecified atom stereocenters. The molecule has 23 heavy (non-hydrogen) atoms. The van der Waals surface area contributed by atoms with Gasteiger partial charge in [0.2, 0.25) is 0 Å². The summed E-state index contributed by atoms with van der Waals surface area (Å²) in [4.78, 5) is 14.5. The zero-order chi connectivity index (χ0) is 16.7. The van der Waals surface area contributed by atoms with Crippen LogP contribution in [0.3, 0.4) is 0 Å². The normalized spacial score (nSPS) is 10.7. The number of amides is 1. The van der Waals surface area contributed by atoms with E-state index in [0.29, 0.717) is 37.0 Å². The SMILES string of the molecule is CCOCCCN(Cc1ccccc1Cl)C(=O)c1cc(C)[nH]n1. The maximum Gasteiger partial charge on any atom is 0.274 e. The Morgan fingerprint density at radius 2 is 2.17 bits per heavy atom. The molecule has 1 heterocycles. The highest BCUT2D eigenvalue weighted by molar-refractivity contribution is 6.31. The molecule has 0 bridgehead atoms. The molecule has 0 aliphatic heterocycles. The minimum atomic E-state index is -0.106. The van der Waals surface area contributed by atoms with Gasteiger partial charge in [0.25, 0.3) is 5.91 Å². The number of aromatic amines is 1. The van der Waals surface area contributed by atoms with Gasteiger partial charge in [0.15, 0.2) is 0 Å². The summed E-state index contributed by atoms with van der Waals surface area (Å²) in [5.74, 6) is -0.106. The molecule has 1 amide bonds. The second-order valence-electron chi connectivity index (χ2n) is 5.30. The van der Waals surface area contributed by atoms with E-state index in [9.17, 15) is 4.79 Å². The quantitative estimate of drug-likeness (QED) is 0.752. The average molecular weight is 336 g/mol. The fourth-order valence-electron chi connectivity index (χ4n) is 2.28. The summed E-state index contributed by atoms with van der Waals surface area (Å²) < 4.78 is 5.36. The van der Waals surface area contributed by atoms with Gasteiger partial charge in [-0.1, -0.05) is 29.8 Å². The molecular weight excluding hydrogens is 314 g/mol. The number of nitrogens with zero attached hydrogens (tertiary/aromatic N) is 2. The largest absolute Gasteiger partial charge is 0.382 e. The Hall–Kier alpha value is -1.85. The van der Waals surface area contributed by atoms with Crippen molar-refractivity contribution in [2.75, 3.05) is 19.8 Å². The lowest BCUT2D eigenvalue weighted by Crippen LogP contribution is -2.32. The molecule has 0 radical (unpaired) electrons. The van der Waals surface area contributed by atoms with E-state index in [1.54, 1.807) is 11.0 Å². The van der Waals surface area contributed by atoms with Crippen LogP contribution in [0.4, 0.5) is 0 Å². The maximum atomic E-state index is 12.7. The van der Waals surface area contributed by atoms with Crippen molar-refractivity contribution in [3.05, 3.63) is 52.3 Å². The summed E-state index contributed by atoms with van der Waals surface area (Å²) in [6.45, 7) is 6.18. The number of aryl methyl sites for hydroxylation is 1. The second-order valence-corrected chi connectivity index (χ2v) is 5.71. The van der Waals surface area contributed by atoms with Crippen LogP contribution in [0.1, 0.15) is 35.1 Å². The molecule has 2 aromatic rings. The zero-order valence-electron chi connectivity index (χ0n) is 13.5. The van der Waals surface area contributed by atoms with Crippen LogP contribution in [-0.2, 0) is 11.3 Å². The van der Waals surface area contributed by atoms with E-state index in [1.807, 2.05) is 38.1 Å². The number of aromatic nitrogens is 2. The molecule has 0 fully saturated rings. The predicted molar refractivity (Wildman–Crippen MR) is 90.6 cm³/mol. The van der Waals surface area contributed by atoms with Crippen molar-refractivity contribution in [2.24, 2.45) is 0 Å². The van der Waals surface area contributed by atoms with Crippen molar-refractivity contribution in [1.82, 2.24) is 15.1 Å². The molecule has 1 N–H and O–H groups in total. The van der Waals surface area contributed by atoms with Crippen LogP contribution in [0.5, 0.6) is 0 Å². The number of hydrogen-bond donors (Lipinski definition) is 1. The molecule has 6 heteroatoms. The van der Waals surface area contributed by atoms with Gasteiger partial charge in [-0.2, -0.15) is 5.10 Å². The van der Waals surface area contributed by atoms with Crippen molar-refractivity contribution in [2.45, 2.75) is 26.8 Å². The predicted octanol–water partition coefficient (Wildman–Crippen LogP) is 3.44. The summed E-state index contributed by atoms with van der Waals surface area (Å²) in [5, 5.41) is 7.53. The fraction of sp³-hybridized carbons (Fsp3) is 0.412. The number of benzene rings is 1. The lowest BCUT2D eigenvalue weighted by Gasteiger charge is -2.22. The lowest BCUT2D eigenvalue weighted by molar-refractivity contribution is 0.0706. The van der Waals surface area contributed by atoms with Crippen molar-refractivity contribution in [1.29, 1.82) is 0 Å². The molecule has 0 spiro atoms. The van der Waals surface area contributed by atoms with Gasteiger partial charge in [0.1, 0.15) is 5.69 Å². The van der Waals surface area contributed by atoms with Gasteiger partial charge in [-0.05, 0) is 38.0 Å². The van der Waals surface area contributed by atoms with Gasteiger partial charge in [0, 0.05) is 37.0 Å². The lowest BCUT2D eigenvalue weighted by atomic mass is 10.2. The molecule has 2 rings (SSSR count). The van der Waals surface area contributed by atoms with Gasteiger partial charge in [0.05, 0.1) is 0 Å². The first-order valence-electron chi connectivity index (χ1n) is 7.74. The highest BCUT2D eigenvalue weighted by Crippen LogP contribution is 2.18. The summed E-state index contributed by atoms with van der Waals surface area (Å²) in [6.07, 6.45) is 0.771. The van der Waals surface area contributed by atoms with E-state index < -0.39 is 0 Å². The molecule has 0 atom stereocenters. The first-order valence-corrected chi connectivity index (χ1v) is 8.12. The molecule has 1 aromatic heterocycles.